The highest BCUT2D eigenvalue weighted by Crippen LogP contribution is 2.30. The average Bonchev–Trinajstić information content (AvgIpc) is 3.27. The van der Waals surface area contributed by atoms with Crippen molar-refractivity contribution in [1.82, 2.24) is 4.68 Å². The van der Waals surface area contributed by atoms with Crippen LogP contribution in [0.15, 0.2) is 40.0 Å². The van der Waals surface area contributed by atoms with Crippen molar-refractivity contribution in [2.45, 2.75) is 0 Å². The number of nitrogens with zero attached hydrogens (tertiary/aromatic N) is 5. The van der Waals surface area contributed by atoms with Gasteiger partial charge in [0, 0.05) is 23.3 Å². The highest BCUT2D eigenvalue weighted by molar-refractivity contribution is 7.73. The molecule has 0 spiro atoms. The van der Waals surface area contributed by atoms with E-state index in [1.54, 1.807) is 29.1 Å². The van der Waals surface area contributed by atoms with Gasteiger partial charge in [0.15, 0.2) is 3.95 Å². The number of benzene rings is 1. The molecule has 144 valence electrons. The summed E-state index contributed by atoms with van der Waals surface area (Å²) in [5, 5.41) is 31.7. The van der Waals surface area contributed by atoms with Gasteiger partial charge >= 0.3 is 0 Å². The molecular formula is C17H15N5O4S2. The van der Waals surface area contributed by atoms with Crippen LogP contribution in [0.1, 0.15) is 10.4 Å². The first kappa shape index (κ1) is 18.5. The van der Waals surface area contributed by atoms with Crippen molar-refractivity contribution in [2.75, 3.05) is 31.3 Å². The van der Waals surface area contributed by atoms with Crippen LogP contribution in [0, 0.1) is 14.1 Å². The first-order chi connectivity index (χ1) is 13.5. The zero-order chi connectivity index (χ0) is 19.7. The summed E-state index contributed by atoms with van der Waals surface area (Å²) >= 11 is 6.69. The molecule has 1 fully saturated rings. The smallest absolute Gasteiger partial charge is 0.270 e. The van der Waals surface area contributed by atoms with Crippen molar-refractivity contribution >= 4 is 47.2 Å². The maximum Gasteiger partial charge on any atom is 0.270 e. The Kier molecular flexibility index (Phi) is 5.03. The summed E-state index contributed by atoms with van der Waals surface area (Å²) in [7, 11) is 0. The molecule has 2 aliphatic rings. The van der Waals surface area contributed by atoms with Gasteiger partial charge < -0.3 is 14.9 Å². The summed E-state index contributed by atoms with van der Waals surface area (Å²) in [5.74, 6) is 0.0445. The maximum atomic E-state index is 11.0. The van der Waals surface area contributed by atoms with E-state index in [9.17, 15) is 15.2 Å². The molecule has 4 rings (SSSR count). The molecule has 0 radical (unpaired) electrons. The summed E-state index contributed by atoms with van der Waals surface area (Å²) in [4.78, 5) is 11.1. The minimum atomic E-state index is -0.455. The van der Waals surface area contributed by atoms with Crippen molar-refractivity contribution in [1.29, 1.82) is 0 Å². The van der Waals surface area contributed by atoms with Gasteiger partial charge in [0.25, 0.3) is 5.69 Å². The van der Waals surface area contributed by atoms with Crippen LogP contribution in [-0.4, -0.2) is 52.9 Å². The van der Waals surface area contributed by atoms with E-state index in [1.165, 1.54) is 23.5 Å². The molecule has 0 bridgehead atoms. The van der Waals surface area contributed by atoms with Crippen molar-refractivity contribution in [3.63, 3.8) is 0 Å². The molecule has 1 N–H and O–H groups in total. The molecule has 1 aromatic carbocycles. The summed E-state index contributed by atoms with van der Waals surface area (Å²) in [6.07, 6.45) is 3.29. The maximum absolute atomic E-state index is 11.0. The van der Waals surface area contributed by atoms with Crippen molar-refractivity contribution < 1.29 is 14.8 Å². The van der Waals surface area contributed by atoms with E-state index in [4.69, 9.17) is 17.0 Å². The molecule has 1 saturated heterocycles. The third-order valence-electron chi connectivity index (χ3n) is 4.31. The van der Waals surface area contributed by atoms with E-state index in [0.29, 0.717) is 52.0 Å². The number of thiazole rings is 1. The van der Waals surface area contributed by atoms with Crippen LogP contribution < -0.4 is 5.01 Å². The summed E-state index contributed by atoms with van der Waals surface area (Å²) in [5.41, 5.74) is 1.69. The lowest BCUT2D eigenvalue weighted by Gasteiger charge is -2.29. The molecule has 0 saturated carbocycles. The lowest BCUT2D eigenvalue weighted by Crippen LogP contribution is -2.43. The number of morpholine rings is 1. The lowest BCUT2D eigenvalue weighted by atomic mass is 10.0. The van der Waals surface area contributed by atoms with Gasteiger partial charge in [-0.15, -0.1) is 5.10 Å². The Bertz CT molecular complexity index is 1080. The standard InChI is InChI=1S/C17H15N5O4S2/c23-16-14(28-17(27)21(16)20-4-6-26-7-5-20)9-12-10-18-19-15(12)11-2-1-3-13(8-11)22(24)25/h1-3,8-10,23H,4-7H2/b12-9+. The van der Waals surface area contributed by atoms with E-state index in [0.717, 1.165) is 0 Å². The number of nitro benzene ring substituents is 1. The van der Waals surface area contributed by atoms with Gasteiger partial charge in [-0.3, -0.25) is 10.1 Å². The highest BCUT2D eigenvalue weighted by Gasteiger charge is 2.21. The van der Waals surface area contributed by atoms with Crippen molar-refractivity contribution in [3.8, 4) is 5.88 Å². The summed E-state index contributed by atoms with van der Waals surface area (Å²) in [6.45, 7) is 2.42. The van der Waals surface area contributed by atoms with E-state index in [2.05, 4.69) is 10.2 Å². The largest absolute Gasteiger partial charge is 0.492 e. The monoisotopic (exact) mass is 417 g/mol. The van der Waals surface area contributed by atoms with Crippen LogP contribution in [0.4, 0.5) is 5.69 Å². The molecule has 3 heterocycles. The molecule has 2 aromatic rings. The van der Waals surface area contributed by atoms with Gasteiger partial charge in [0.2, 0.25) is 5.88 Å². The van der Waals surface area contributed by atoms with Gasteiger partial charge in [0.05, 0.1) is 42.3 Å². The number of aromatic nitrogens is 1. The average molecular weight is 417 g/mol. The highest BCUT2D eigenvalue weighted by atomic mass is 32.1. The Balaban J connectivity index is 1.68. The van der Waals surface area contributed by atoms with Crippen LogP contribution in [0.2, 0.25) is 0 Å². The molecule has 0 aliphatic carbocycles. The first-order valence-electron chi connectivity index (χ1n) is 8.40. The number of hydrogen-bond donors (Lipinski definition) is 1. The molecular weight excluding hydrogens is 402 g/mol. The quantitative estimate of drug-likeness (QED) is 0.466. The van der Waals surface area contributed by atoms with E-state index >= 15 is 0 Å². The normalized spacial score (nSPS) is 17.9. The second kappa shape index (κ2) is 7.62. The summed E-state index contributed by atoms with van der Waals surface area (Å²) in [6, 6.07) is 6.20. The van der Waals surface area contributed by atoms with Gasteiger partial charge in [-0.1, -0.05) is 23.5 Å². The molecule has 0 amide bonds. The zero-order valence-electron chi connectivity index (χ0n) is 14.5. The second-order valence-corrected chi connectivity index (χ2v) is 7.71. The van der Waals surface area contributed by atoms with E-state index in [1.807, 2.05) is 5.01 Å². The molecule has 11 heteroatoms. The van der Waals surface area contributed by atoms with Crippen LogP contribution in [-0.2, 0) is 4.74 Å². The van der Waals surface area contributed by atoms with Crippen LogP contribution in [0.5, 0.6) is 5.88 Å². The molecule has 2 aliphatic heterocycles. The Labute approximate surface area is 168 Å². The predicted molar refractivity (Wildman–Crippen MR) is 110 cm³/mol. The first-order valence-corrected chi connectivity index (χ1v) is 9.63. The number of rotatable bonds is 4. The molecule has 28 heavy (non-hydrogen) atoms. The third-order valence-corrected chi connectivity index (χ3v) is 5.60. The second-order valence-electron chi connectivity index (χ2n) is 6.03. The van der Waals surface area contributed by atoms with E-state index in [-0.39, 0.29) is 11.6 Å². The van der Waals surface area contributed by atoms with Gasteiger partial charge in [-0.2, -0.15) is 5.10 Å². The Morgan fingerprint density at radius 1 is 1.36 bits per heavy atom. The Morgan fingerprint density at radius 3 is 2.89 bits per heavy atom. The number of non-ortho nitro benzene ring substituents is 1. The number of hydrogen-bond acceptors (Lipinski definition) is 9. The number of ether oxygens (including phenoxy) is 1. The Hall–Kier alpha value is -2.89. The molecule has 9 nitrogen and oxygen atoms in total. The van der Waals surface area contributed by atoms with Gasteiger partial charge in [0.1, 0.15) is 5.71 Å². The van der Waals surface area contributed by atoms with Gasteiger partial charge in [-0.05, 0) is 18.3 Å². The molecule has 0 unspecified atom stereocenters. The van der Waals surface area contributed by atoms with Gasteiger partial charge in [-0.25, -0.2) is 4.68 Å². The minimum Gasteiger partial charge on any atom is -0.492 e. The lowest BCUT2D eigenvalue weighted by molar-refractivity contribution is -0.384. The summed E-state index contributed by atoms with van der Waals surface area (Å²) < 4.78 is 7.48. The number of aromatic hydroxyl groups is 1. The number of allylic oxidation sites excluding steroid dienone is 1. The zero-order valence-corrected chi connectivity index (χ0v) is 16.2. The SMILES string of the molecule is O=[N+]([O-])c1cccc(C2=NN=C/C2=C\c2sc(=S)n(N3CCOCC3)c2O)c1. The van der Waals surface area contributed by atoms with Crippen molar-refractivity contribution in [2.24, 2.45) is 10.2 Å². The predicted octanol–water partition coefficient (Wildman–Crippen LogP) is 2.73. The van der Waals surface area contributed by atoms with Crippen LogP contribution in [0.3, 0.4) is 0 Å². The van der Waals surface area contributed by atoms with Crippen LogP contribution >= 0.6 is 23.6 Å². The Morgan fingerprint density at radius 2 is 2.14 bits per heavy atom. The van der Waals surface area contributed by atoms with E-state index < -0.39 is 4.92 Å². The fourth-order valence-corrected chi connectivity index (χ4v) is 4.29. The molecule has 0 atom stereocenters. The molecule has 1 aromatic heterocycles. The fourth-order valence-electron chi connectivity index (χ4n) is 2.98. The van der Waals surface area contributed by atoms with Crippen LogP contribution in [0.25, 0.3) is 6.08 Å². The topological polar surface area (TPSA) is 105 Å². The minimum absolute atomic E-state index is 0.0246. The fraction of sp³-hybridized carbons (Fsp3) is 0.235. The van der Waals surface area contributed by atoms with Crippen molar-refractivity contribution in [3.05, 3.63) is 54.3 Å². The third kappa shape index (κ3) is 3.46. The number of nitro groups is 1.